The van der Waals surface area contributed by atoms with E-state index in [2.05, 4.69) is 5.32 Å². The summed E-state index contributed by atoms with van der Waals surface area (Å²) in [6, 6.07) is 5.43. The normalized spacial score (nSPS) is 21.5. The molecule has 0 saturated heterocycles. The number of halogens is 1. The lowest BCUT2D eigenvalue weighted by molar-refractivity contribution is -0.161. The molecule has 130 valence electrons. The summed E-state index contributed by atoms with van der Waals surface area (Å²) in [6.07, 6.45) is 4.35. The molecule has 2 unspecified atom stereocenters. The highest BCUT2D eigenvalue weighted by molar-refractivity contribution is 6.30. The van der Waals surface area contributed by atoms with E-state index in [9.17, 15) is 9.59 Å². The van der Waals surface area contributed by atoms with Gasteiger partial charge in [-0.05, 0) is 43.5 Å². The van der Waals surface area contributed by atoms with Crippen LogP contribution in [0.5, 0.6) is 5.75 Å². The van der Waals surface area contributed by atoms with Gasteiger partial charge in [-0.25, -0.2) is 4.79 Å². The van der Waals surface area contributed by atoms with Crippen molar-refractivity contribution in [3.05, 3.63) is 28.8 Å². The third-order valence-electron chi connectivity index (χ3n) is 4.57. The number of ether oxygens (including phenoxy) is 2. The van der Waals surface area contributed by atoms with E-state index in [-0.39, 0.29) is 11.9 Å². The Bertz CT molecular complexity index is 627. The third-order valence-corrected chi connectivity index (χ3v) is 4.81. The predicted octanol–water partition coefficient (Wildman–Crippen LogP) is 3.02. The number of hydrogen-bond acceptors (Lipinski definition) is 4. The van der Waals surface area contributed by atoms with Gasteiger partial charge < -0.3 is 14.8 Å². The maximum Gasteiger partial charge on any atom is 0.348 e. The van der Waals surface area contributed by atoms with Gasteiger partial charge in [0.2, 0.25) is 0 Å². The van der Waals surface area contributed by atoms with E-state index in [4.69, 9.17) is 21.1 Å². The smallest absolute Gasteiger partial charge is 0.348 e. The van der Waals surface area contributed by atoms with Crippen LogP contribution in [0.4, 0.5) is 0 Å². The Kier molecular flexibility index (Phi) is 5.29. The van der Waals surface area contributed by atoms with Gasteiger partial charge in [-0.15, -0.1) is 0 Å². The van der Waals surface area contributed by atoms with Crippen LogP contribution in [0.15, 0.2) is 18.2 Å². The molecule has 24 heavy (non-hydrogen) atoms. The second-order valence-electron chi connectivity index (χ2n) is 6.49. The molecule has 1 N–H and O–H groups in total. The van der Waals surface area contributed by atoms with Crippen LogP contribution < -0.4 is 10.1 Å². The van der Waals surface area contributed by atoms with Crippen LogP contribution in [0, 0.1) is 0 Å². The van der Waals surface area contributed by atoms with Gasteiger partial charge in [0.1, 0.15) is 5.75 Å². The molecule has 0 aromatic heterocycles. The van der Waals surface area contributed by atoms with Crippen LogP contribution in [0.2, 0.25) is 5.02 Å². The van der Waals surface area contributed by atoms with Crippen molar-refractivity contribution >= 4 is 23.5 Å². The summed E-state index contributed by atoms with van der Waals surface area (Å²) >= 11 is 5.94. The summed E-state index contributed by atoms with van der Waals surface area (Å²) in [4.78, 5) is 24.4. The average molecular weight is 352 g/mol. The summed E-state index contributed by atoms with van der Waals surface area (Å²) in [7, 11) is 0. The Hall–Kier alpha value is -1.75. The molecule has 0 radical (unpaired) electrons. The number of nitrogens with one attached hydrogen (secondary N) is 1. The fourth-order valence-electron chi connectivity index (χ4n) is 3.22. The molecule has 1 aliphatic carbocycles. The molecule has 1 fully saturated rings. The Morgan fingerprint density at radius 1 is 1.29 bits per heavy atom. The lowest BCUT2D eigenvalue weighted by atomic mass is 9.95. The number of hydrogen-bond donors (Lipinski definition) is 1. The van der Waals surface area contributed by atoms with Gasteiger partial charge in [-0.3, -0.25) is 4.79 Å². The van der Waals surface area contributed by atoms with Gasteiger partial charge in [0.05, 0.1) is 0 Å². The lowest BCUT2D eigenvalue weighted by Crippen LogP contribution is -2.44. The topological polar surface area (TPSA) is 64.6 Å². The predicted molar refractivity (Wildman–Crippen MR) is 90.1 cm³/mol. The minimum absolute atomic E-state index is 0.196. The molecule has 1 aromatic rings. The largest absolute Gasteiger partial charge is 0.478 e. The fourth-order valence-corrected chi connectivity index (χ4v) is 3.41. The van der Waals surface area contributed by atoms with Crippen LogP contribution in [-0.4, -0.2) is 30.1 Å². The van der Waals surface area contributed by atoms with Crippen LogP contribution in [-0.2, 0) is 20.7 Å². The van der Waals surface area contributed by atoms with Gasteiger partial charge in [0, 0.05) is 17.5 Å². The molecule has 0 spiro atoms. The van der Waals surface area contributed by atoms with E-state index < -0.39 is 18.2 Å². The second-order valence-corrected chi connectivity index (χ2v) is 6.92. The number of rotatable bonds is 4. The minimum atomic E-state index is -0.824. The van der Waals surface area contributed by atoms with Crippen molar-refractivity contribution < 1.29 is 19.1 Å². The maximum atomic E-state index is 12.2. The summed E-state index contributed by atoms with van der Waals surface area (Å²) in [6.45, 7) is 1.59. The first kappa shape index (κ1) is 17.1. The van der Waals surface area contributed by atoms with E-state index >= 15 is 0 Å². The molecular weight excluding hydrogens is 330 g/mol. The van der Waals surface area contributed by atoms with Crippen molar-refractivity contribution in [3.63, 3.8) is 0 Å². The highest BCUT2D eigenvalue weighted by atomic mass is 35.5. The first-order valence-corrected chi connectivity index (χ1v) is 8.86. The molecule has 1 aromatic carbocycles. The first-order chi connectivity index (χ1) is 11.5. The van der Waals surface area contributed by atoms with Gasteiger partial charge in [-0.1, -0.05) is 30.9 Å². The maximum absolute atomic E-state index is 12.2. The van der Waals surface area contributed by atoms with Crippen molar-refractivity contribution in [2.75, 3.05) is 0 Å². The number of amides is 1. The zero-order valence-corrected chi connectivity index (χ0v) is 14.5. The molecule has 1 heterocycles. The fraction of sp³-hybridized carbons (Fsp3) is 0.556. The van der Waals surface area contributed by atoms with Crippen molar-refractivity contribution in [2.45, 2.75) is 63.7 Å². The summed E-state index contributed by atoms with van der Waals surface area (Å²) in [5.74, 6) is -0.122. The van der Waals surface area contributed by atoms with Crippen molar-refractivity contribution in [2.24, 2.45) is 0 Å². The molecule has 5 nitrogen and oxygen atoms in total. The van der Waals surface area contributed by atoms with Crippen LogP contribution >= 0.6 is 11.6 Å². The number of esters is 1. The Balaban J connectivity index is 1.50. The third kappa shape index (κ3) is 4.01. The van der Waals surface area contributed by atoms with E-state index in [0.29, 0.717) is 17.2 Å². The SMILES string of the molecule is CC(OC(=O)C1Cc2cc(Cl)ccc2O1)C(=O)NC1CCCCC1. The van der Waals surface area contributed by atoms with E-state index in [1.165, 1.54) is 6.42 Å². The zero-order chi connectivity index (χ0) is 17.1. The summed E-state index contributed by atoms with van der Waals surface area (Å²) in [5.41, 5.74) is 0.878. The van der Waals surface area contributed by atoms with Crippen molar-refractivity contribution in [1.82, 2.24) is 5.32 Å². The standard InChI is InChI=1S/C18H22ClNO4/c1-11(17(21)20-14-5-3-2-4-6-14)23-18(22)16-10-12-9-13(19)7-8-15(12)24-16/h7-9,11,14,16H,2-6,10H2,1H3,(H,20,21). The van der Waals surface area contributed by atoms with E-state index in [1.807, 2.05) is 0 Å². The molecule has 2 atom stereocenters. The Morgan fingerprint density at radius 3 is 2.79 bits per heavy atom. The highest BCUT2D eigenvalue weighted by Gasteiger charge is 2.33. The highest BCUT2D eigenvalue weighted by Crippen LogP contribution is 2.31. The summed E-state index contributed by atoms with van der Waals surface area (Å²) in [5, 5.41) is 3.57. The van der Waals surface area contributed by atoms with Gasteiger partial charge in [0.25, 0.3) is 5.91 Å². The Morgan fingerprint density at radius 2 is 2.04 bits per heavy atom. The van der Waals surface area contributed by atoms with E-state index in [1.54, 1.807) is 25.1 Å². The van der Waals surface area contributed by atoms with Crippen LogP contribution in [0.1, 0.15) is 44.6 Å². The number of benzene rings is 1. The van der Waals surface area contributed by atoms with Crippen molar-refractivity contribution in [3.8, 4) is 5.75 Å². The van der Waals surface area contributed by atoms with Crippen LogP contribution in [0.3, 0.4) is 0 Å². The summed E-state index contributed by atoms with van der Waals surface area (Å²) < 4.78 is 10.9. The van der Waals surface area contributed by atoms with Crippen molar-refractivity contribution in [1.29, 1.82) is 0 Å². The molecular formula is C18H22ClNO4. The molecule has 1 amide bonds. The number of carbonyl (C=O) groups excluding carboxylic acids is 2. The Labute approximate surface area is 146 Å². The molecule has 3 rings (SSSR count). The first-order valence-electron chi connectivity index (χ1n) is 8.49. The van der Waals surface area contributed by atoms with Gasteiger partial charge in [-0.2, -0.15) is 0 Å². The van der Waals surface area contributed by atoms with E-state index in [0.717, 1.165) is 31.2 Å². The molecule has 1 saturated carbocycles. The van der Waals surface area contributed by atoms with Gasteiger partial charge in [0.15, 0.2) is 12.2 Å². The monoisotopic (exact) mass is 351 g/mol. The second kappa shape index (κ2) is 7.43. The van der Waals surface area contributed by atoms with Gasteiger partial charge >= 0.3 is 5.97 Å². The average Bonchev–Trinajstić information content (AvgIpc) is 2.99. The molecule has 6 heteroatoms. The minimum Gasteiger partial charge on any atom is -0.478 e. The quantitative estimate of drug-likeness (QED) is 0.847. The van der Waals surface area contributed by atoms with Crippen LogP contribution in [0.25, 0.3) is 0 Å². The lowest BCUT2D eigenvalue weighted by Gasteiger charge is -2.24. The number of carbonyl (C=O) groups is 2. The molecule has 1 aliphatic heterocycles. The molecule has 0 bridgehead atoms. The molecule has 2 aliphatic rings. The zero-order valence-electron chi connectivity index (χ0n) is 13.7. The number of fused-ring (bicyclic) bond motifs is 1.